The molecule has 0 spiro atoms. The van der Waals surface area contributed by atoms with Gasteiger partial charge in [0.1, 0.15) is 21.9 Å². The number of nitrogens with zero attached hydrogens (tertiary/aromatic N) is 2. The first kappa shape index (κ1) is 20.2. The lowest BCUT2D eigenvalue weighted by Crippen LogP contribution is -2.40. The predicted octanol–water partition coefficient (Wildman–Crippen LogP) is 2.09. The van der Waals surface area contributed by atoms with Crippen LogP contribution in [0.25, 0.3) is 10.9 Å². The Kier molecular flexibility index (Phi) is 5.92. The van der Waals surface area contributed by atoms with E-state index in [1.54, 1.807) is 17.5 Å². The van der Waals surface area contributed by atoms with Gasteiger partial charge in [-0.25, -0.2) is 23.1 Å². The number of anilines is 1. The number of rotatable bonds is 8. The molecule has 0 aliphatic rings. The molecule has 148 valence electrons. The average Bonchev–Trinajstić information content (AvgIpc) is 3.19. The first-order valence-electron chi connectivity index (χ1n) is 8.62. The molecule has 0 aliphatic carbocycles. The molecule has 4 N–H and O–H groups in total. The van der Waals surface area contributed by atoms with Crippen molar-refractivity contribution < 1.29 is 13.2 Å². The summed E-state index contributed by atoms with van der Waals surface area (Å²) in [5.41, 5.74) is 6.14. The number of fused-ring (bicyclic) bond motifs is 1. The Balaban J connectivity index is 1.92. The third-order valence-electron chi connectivity index (χ3n) is 4.10. The summed E-state index contributed by atoms with van der Waals surface area (Å²) in [6.45, 7) is 3.67. The van der Waals surface area contributed by atoms with Crippen LogP contribution < -0.4 is 15.8 Å². The number of amides is 1. The third-order valence-corrected chi connectivity index (χ3v) is 6.89. The van der Waals surface area contributed by atoms with Gasteiger partial charge in [0, 0.05) is 5.39 Å². The molecule has 0 aliphatic heterocycles. The zero-order chi connectivity index (χ0) is 20.3. The first-order valence-corrected chi connectivity index (χ1v) is 11.0. The minimum absolute atomic E-state index is 0.0491. The first-order chi connectivity index (χ1) is 13.3. The minimum Gasteiger partial charge on any atom is -0.368 e. The Labute approximate surface area is 167 Å². The van der Waals surface area contributed by atoms with Gasteiger partial charge in [-0.15, -0.1) is 11.3 Å². The number of thiophene rings is 1. The molecule has 2 heterocycles. The predicted molar refractivity (Wildman–Crippen MR) is 109 cm³/mol. The van der Waals surface area contributed by atoms with Gasteiger partial charge in [0.25, 0.3) is 0 Å². The van der Waals surface area contributed by atoms with Crippen LogP contribution in [0.5, 0.6) is 0 Å². The van der Waals surface area contributed by atoms with E-state index in [0.29, 0.717) is 11.3 Å². The normalized spacial score (nSPS) is 13.0. The van der Waals surface area contributed by atoms with Crippen molar-refractivity contribution >= 4 is 44.0 Å². The lowest BCUT2D eigenvalue weighted by molar-refractivity contribution is -0.119. The van der Waals surface area contributed by atoms with Crippen LogP contribution in [0.1, 0.15) is 19.7 Å². The smallest absolute Gasteiger partial charge is 0.250 e. The van der Waals surface area contributed by atoms with Crippen molar-refractivity contribution in [1.82, 2.24) is 14.7 Å². The molecule has 1 atom stereocenters. The van der Waals surface area contributed by atoms with E-state index in [-0.39, 0.29) is 22.5 Å². The van der Waals surface area contributed by atoms with Gasteiger partial charge in [-0.1, -0.05) is 32.0 Å². The van der Waals surface area contributed by atoms with Gasteiger partial charge < -0.3 is 11.1 Å². The molecule has 0 bridgehead atoms. The monoisotopic (exact) mass is 419 g/mol. The Hall–Kier alpha value is -2.56. The lowest BCUT2D eigenvalue weighted by atomic mass is 10.0. The van der Waals surface area contributed by atoms with Crippen molar-refractivity contribution in [3.63, 3.8) is 0 Å². The van der Waals surface area contributed by atoms with Crippen LogP contribution in [0.2, 0.25) is 0 Å². The zero-order valence-electron chi connectivity index (χ0n) is 15.4. The van der Waals surface area contributed by atoms with E-state index in [1.807, 2.05) is 32.0 Å². The molecule has 3 aromatic rings. The number of carbonyl (C=O) groups excluding carboxylic acids is 1. The van der Waals surface area contributed by atoms with E-state index in [9.17, 15) is 13.2 Å². The van der Waals surface area contributed by atoms with Crippen LogP contribution in [0.4, 0.5) is 5.82 Å². The van der Waals surface area contributed by atoms with Crippen LogP contribution in [-0.2, 0) is 21.4 Å². The van der Waals surface area contributed by atoms with Gasteiger partial charge in [0.15, 0.2) is 0 Å². The maximum atomic E-state index is 12.3. The van der Waals surface area contributed by atoms with E-state index in [2.05, 4.69) is 20.0 Å². The second-order valence-corrected chi connectivity index (χ2v) is 9.47. The minimum atomic E-state index is -3.64. The van der Waals surface area contributed by atoms with Crippen molar-refractivity contribution in [3.05, 3.63) is 47.6 Å². The highest BCUT2D eigenvalue weighted by Gasteiger charge is 2.22. The van der Waals surface area contributed by atoms with E-state index in [4.69, 9.17) is 5.73 Å². The largest absolute Gasteiger partial charge is 0.368 e. The second kappa shape index (κ2) is 8.21. The van der Waals surface area contributed by atoms with Gasteiger partial charge in [-0.3, -0.25) is 4.79 Å². The summed E-state index contributed by atoms with van der Waals surface area (Å²) < 4.78 is 27.4. The molecule has 3 rings (SSSR count). The van der Waals surface area contributed by atoms with Crippen molar-refractivity contribution in [2.45, 2.75) is 30.6 Å². The molecule has 2 aromatic heterocycles. The summed E-state index contributed by atoms with van der Waals surface area (Å²) in [4.78, 5) is 20.6. The highest BCUT2D eigenvalue weighted by Crippen LogP contribution is 2.22. The number of hydrogen-bond acceptors (Lipinski definition) is 7. The number of para-hydroxylation sites is 1. The van der Waals surface area contributed by atoms with E-state index in [0.717, 1.165) is 16.7 Å². The molecule has 0 saturated carbocycles. The second-order valence-electron chi connectivity index (χ2n) is 6.53. The van der Waals surface area contributed by atoms with Crippen LogP contribution >= 0.6 is 11.3 Å². The van der Waals surface area contributed by atoms with E-state index < -0.39 is 22.0 Å². The molecule has 1 aromatic carbocycles. The molecular formula is C18H21N5O3S2. The summed E-state index contributed by atoms with van der Waals surface area (Å²) in [6.07, 6.45) is 0. The molecule has 8 nitrogen and oxygen atoms in total. The average molecular weight is 420 g/mol. The van der Waals surface area contributed by atoms with Crippen molar-refractivity contribution in [2.75, 3.05) is 5.32 Å². The van der Waals surface area contributed by atoms with Crippen molar-refractivity contribution in [3.8, 4) is 0 Å². The lowest BCUT2D eigenvalue weighted by Gasteiger charge is -2.21. The zero-order valence-corrected chi connectivity index (χ0v) is 17.0. The number of benzene rings is 1. The van der Waals surface area contributed by atoms with Crippen LogP contribution in [0.3, 0.4) is 0 Å². The maximum absolute atomic E-state index is 12.3. The maximum Gasteiger partial charge on any atom is 0.250 e. The molecule has 10 heteroatoms. The molecule has 28 heavy (non-hydrogen) atoms. The summed E-state index contributed by atoms with van der Waals surface area (Å²) >= 11 is 1.13. The van der Waals surface area contributed by atoms with Crippen LogP contribution in [0.15, 0.2) is 46.0 Å². The number of primary amides is 1. The Bertz CT molecular complexity index is 1080. The van der Waals surface area contributed by atoms with Crippen LogP contribution in [-0.4, -0.2) is 30.3 Å². The summed E-state index contributed by atoms with van der Waals surface area (Å²) in [5.74, 6) is 0.186. The number of hydrogen-bond donors (Lipinski definition) is 3. The molecule has 0 saturated heterocycles. The fourth-order valence-electron chi connectivity index (χ4n) is 2.67. The Morgan fingerprint density at radius 3 is 2.57 bits per heavy atom. The van der Waals surface area contributed by atoms with Gasteiger partial charge >= 0.3 is 0 Å². The Morgan fingerprint density at radius 2 is 1.93 bits per heavy atom. The van der Waals surface area contributed by atoms with Gasteiger partial charge in [-0.2, -0.15) is 0 Å². The third kappa shape index (κ3) is 4.46. The van der Waals surface area contributed by atoms with E-state index >= 15 is 0 Å². The highest BCUT2D eigenvalue weighted by atomic mass is 32.2. The topological polar surface area (TPSA) is 127 Å². The Morgan fingerprint density at radius 1 is 1.18 bits per heavy atom. The van der Waals surface area contributed by atoms with Gasteiger partial charge in [0.2, 0.25) is 15.9 Å². The quantitative estimate of drug-likeness (QED) is 0.513. The van der Waals surface area contributed by atoms with Crippen molar-refractivity contribution in [1.29, 1.82) is 0 Å². The van der Waals surface area contributed by atoms with Gasteiger partial charge in [-0.05, 0) is 29.5 Å². The number of nitrogens with one attached hydrogen (secondary N) is 2. The number of aromatic nitrogens is 2. The van der Waals surface area contributed by atoms with Gasteiger partial charge in [0.05, 0.1) is 12.1 Å². The highest BCUT2D eigenvalue weighted by molar-refractivity contribution is 7.91. The molecular weight excluding hydrogens is 398 g/mol. The molecule has 0 unspecified atom stereocenters. The fraction of sp³-hybridized carbons (Fsp3) is 0.278. The summed E-state index contributed by atoms with van der Waals surface area (Å²) in [7, 11) is -3.64. The summed E-state index contributed by atoms with van der Waals surface area (Å²) in [6, 6.07) is 9.88. The van der Waals surface area contributed by atoms with E-state index in [1.165, 1.54) is 6.07 Å². The molecule has 0 fully saturated rings. The van der Waals surface area contributed by atoms with Crippen LogP contribution in [0, 0.1) is 5.92 Å². The van der Waals surface area contributed by atoms with Crippen molar-refractivity contribution in [2.24, 2.45) is 11.7 Å². The molecule has 1 amide bonds. The number of sulfonamides is 1. The SMILES string of the molecule is CC(C)[C@H](Nc1nc(CNS(=O)(=O)c2cccs2)nc2ccccc12)C(N)=O. The number of carbonyl (C=O) groups is 1. The molecule has 0 radical (unpaired) electrons. The fourth-order valence-corrected chi connectivity index (χ4v) is 4.69. The standard InChI is InChI=1S/C18H21N5O3S2/c1-11(2)16(17(19)24)23-18-12-6-3-4-7-13(12)21-14(22-18)10-20-28(25,26)15-8-5-9-27-15/h3-9,11,16,20H,10H2,1-2H3,(H2,19,24)(H,21,22,23)/t16-/m0/s1. The summed E-state index contributed by atoms with van der Waals surface area (Å²) in [5, 5.41) is 5.50. The number of nitrogens with two attached hydrogens (primary N) is 1.